The predicted octanol–water partition coefficient (Wildman–Crippen LogP) is 4.74. The topological polar surface area (TPSA) is 35.2 Å². The summed E-state index contributed by atoms with van der Waals surface area (Å²) in [5.74, 6) is 0.884. The fourth-order valence-corrected chi connectivity index (χ4v) is 3.00. The second-order valence-corrected chi connectivity index (χ2v) is 6.51. The molecule has 2 atom stereocenters. The first kappa shape index (κ1) is 13.2. The summed E-state index contributed by atoms with van der Waals surface area (Å²) in [7, 11) is 0. The second kappa shape index (κ2) is 5.27. The van der Waals surface area contributed by atoms with Gasteiger partial charge in [0.25, 0.3) is 0 Å². The minimum atomic E-state index is 0.00916. The Hall–Kier alpha value is -0.840. The monoisotopic (exact) mass is 381 g/mol. The van der Waals surface area contributed by atoms with Gasteiger partial charge in [-0.25, -0.2) is 0 Å². The van der Waals surface area contributed by atoms with Gasteiger partial charge in [-0.3, -0.25) is 0 Å². The van der Waals surface area contributed by atoms with Crippen molar-refractivity contribution >= 4 is 31.9 Å². The van der Waals surface area contributed by atoms with Crippen molar-refractivity contribution < 1.29 is 4.74 Å². The number of benzene rings is 2. The summed E-state index contributed by atoms with van der Waals surface area (Å²) in [6.07, 6.45) is 0.822. The summed E-state index contributed by atoms with van der Waals surface area (Å²) in [6, 6.07) is 14.2. The number of hydrogen-bond acceptors (Lipinski definition) is 2. The molecule has 0 fully saturated rings. The zero-order valence-corrected chi connectivity index (χ0v) is 13.3. The maximum atomic E-state index is 6.26. The van der Waals surface area contributed by atoms with Crippen molar-refractivity contribution in [3.63, 3.8) is 0 Å². The van der Waals surface area contributed by atoms with Crippen molar-refractivity contribution in [3.05, 3.63) is 62.5 Å². The molecule has 3 rings (SSSR count). The van der Waals surface area contributed by atoms with Crippen molar-refractivity contribution in [1.29, 1.82) is 0 Å². The van der Waals surface area contributed by atoms with Gasteiger partial charge in [-0.2, -0.15) is 0 Å². The normalized spacial score (nSPS) is 21.6. The molecule has 0 saturated carbocycles. The maximum Gasteiger partial charge on any atom is 0.126 e. The van der Waals surface area contributed by atoms with E-state index in [2.05, 4.69) is 44.0 Å². The van der Waals surface area contributed by atoms with E-state index in [9.17, 15) is 0 Å². The average Bonchev–Trinajstić information content (AvgIpc) is 2.40. The number of hydrogen-bond donors (Lipinski definition) is 1. The van der Waals surface area contributed by atoms with Crippen LogP contribution < -0.4 is 10.5 Å². The molecule has 1 heterocycles. The van der Waals surface area contributed by atoms with Crippen molar-refractivity contribution in [2.75, 3.05) is 0 Å². The highest BCUT2D eigenvalue weighted by Gasteiger charge is 2.27. The highest BCUT2D eigenvalue weighted by Crippen LogP contribution is 2.40. The third kappa shape index (κ3) is 2.71. The molecule has 2 nitrogen and oxygen atoms in total. The van der Waals surface area contributed by atoms with Gasteiger partial charge in [0.1, 0.15) is 11.9 Å². The number of ether oxygens (including phenoxy) is 1. The Labute approximate surface area is 129 Å². The summed E-state index contributed by atoms with van der Waals surface area (Å²) < 4.78 is 8.17. The van der Waals surface area contributed by atoms with Gasteiger partial charge in [0.15, 0.2) is 0 Å². The van der Waals surface area contributed by atoms with Gasteiger partial charge < -0.3 is 10.5 Å². The summed E-state index contributed by atoms with van der Waals surface area (Å²) in [6.45, 7) is 0. The first-order chi connectivity index (χ1) is 9.13. The van der Waals surface area contributed by atoms with Crippen LogP contribution in [0.4, 0.5) is 0 Å². The Morgan fingerprint density at radius 2 is 1.68 bits per heavy atom. The van der Waals surface area contributed by atoms with E-state index in [1.54, 1.807) is 0 Å². The molecule has 0 spiro atoms. The molecule has 1 aliphatic rings. The molecule has 0 bridgehead atoms. The Bertz CT molecular complexity index is 598. The molecule has 2 N–H and O–H groups in total. The lowest BCUT2D eigenvalue weighted by Crippen LogP contribution is -2.24. The van der Waals surface area contributed by atoms with Crippen LogP contribution in [0.5, 0.6) is 5.75 Å². The van der Waals surface area contributed by atoms with Crippen molar-refractivity contribution in [1.82, 2.24) is 0 Å². The van der Waals surface area contributed by atoms with Gasteiger partial charge in [0.05, 0.1) is 0 Å². The zero-order valence-electron chi connectivity index (χ0n) is 10.1. The predicted molar refractivity (Wildman–Crippen MR) is 83.2 cm³/mol. The Kier molecular flexibility index (Phi) is 3.65. The van der Waals surface area contributed by atoms with Crippen LogP contribution in [0.2, 0.25) is 0 Å². The Morgan fingerprint density at radius 3 is 2.42 bits per heavy atom. The van der Waals surface area contributed by atoms with Crippen LogP contribution in [0.1, 0.15) is 29.7 Å². The van der Waals surface area contributed by atoms with Gasteiger partial charge >= 0.3 is 0 Å². The fourth-order valence-electron chi connectivity index (χ4n) is 2.36. The van der Waals surface area contributed by atoms with Crippen molar-refractivity contribution in [3.8, 4) is 5.75 Å². The van der Waals surface area contributed by atoms with Crippen LogP contribution in [0.25, 0.3) is 0 Å². The van der Waals surface area contributed by atoms with Crippen LogP contribution in [0.3, 0.4) is 0 Å². The molecule has 0 amide bonds. The van der Waals surface area contributed by atoms with Crippen LogP contribution in [-0.4, -0.2) is 0 Å². The second-order valence-electron chi connectivity index (χ2n) is 4.68. The lowest BCUT2D eigenvalue weighted by Gasteiger charge is -2.30. The zero-order chi connectivity index (χ0) is 13.4. The lowest BCUT2D eigenvalue weighted by atomic mass is 9.94. The highest BCUT2D eigenvalue weighted by molar-refractivity contribution is 9.10. The quantitative estimate of drug-likeness (QED) is 0.773. The number of rotatable bonds is 1. The number of fused-ring (bicyclic) bond motifs is 1. The molecule has 0 saturated heterocycles. The van der Waals surface area contributed by atoms with Gasteiger partial charge in [-0.15, -0.1) is 0 Å². The van der Waals surface area contributed by atoms with E-state index in [-0.39, 0.29) is 12.1 Å². The molecular formula is C15H13Br2NO. The van der Waals surface area contributed by atoms with Crippen LogP contribution >= 0.6 is 31.9 Å². The summed E-state index contributed by atoms with van der Waals surface area (Å²) in [5, 5.41) is 0. The Morgan fingerprint density at radius 1 is 1.00 bits per heavy atom. The van der Waals surface area contributed by atoms with Crippen molar-refractivity contribution in [2.24, 2.45) is 5.73 Å². The standard InChI is InChI=1S/C15H13Br2NO/c16-10-3-1-9(2-4-10)15-8-13(18)12-7-11(17)5-6-14(12)19-15/h1-7,13,15H,8,18H2. The van der Waals surface area contributed by atoms with E-state index in [1.165, 1.54) is 0 Å². The van der Waals surface area contributed by atoms with Crippen LogP contribution in [-0.2, 0) is 0 Å². The average molecular weight is 383 g/mol. The Balaban J connectivity index is 1.92. The van der Waals surface area contributed by atoms with Crippen LogP contribution in [0, 0.1) is 0 Å². The van der Waals surface area contributed by atoms with Gasteiger partial charge in [0, 0.05) is 27.0 Å². The van der Waals surface area contributed by atoms with Crippen molar-refractivity contribution in [2.45, 2.75) is 18.6 Å². The first-order valence-electron chi connectivity index (χ1n) is 6.10. The molecule has 0 radical (unpaired) electrons. The number of halogens is 2. The molecule has 4 heteroatoms. The molecule has 2 aromatic carbocycles. The lowest BCUT2D eigenvalue weighted by molar-refractivity contribution is 0.161. The minimum absolute atomic E-state index is 0.00916. The molecule has 2 unspecified atom stereocenters. The maximum absolute atomic E-state index is 6.26. The molecule has 2 aromatic rings. The molecule has 19 heavy (non-hydrogen) atoms. The van der Waals surface area contributed by atoms with Gasteiger partial charge in [-0.1, -0.05) is 44.0 Å². The third-order valence-corrected chi connectivity index (χ3v) is 4.37. The van der Waals surface area contributed by atoms with E-state index in [0.29, 0.717) is 0 Å². The van der Waals surface area contributed by atoms with E-state index in [1.807, 2.05) is 30.3 Å². The van der Waals surface area contributed by atoms with Gasteiger partial charge in [-0.05, 0) is 35.9 Å². The van der Waals surface area contributed by atoms with E-state index in [4.69, 9.17) is 10.5 Å². The largest absolute Gasteiger partial charge is 0.485 e. The minimum Gasteiger partial charge on any atom is -0.485 e. The third-order valence-electron chi connectivity index (χ3n) is 3.35. The summed E-state index contributed by atoms with van der Waals surface area (Å²) in [5.41, 5.74) is 8.49. The highest BCUT2D eigenvalue weighted by atomic mass is 79.9. The van der Waals surface area contributed by atoms with E-state index in [0.717, 1.165) is 32.2 Å². The molecular weight excluding hydrogens is 370 g/mol. The van der Waals surface area contributed by atoms with E-state index < -0.39 is 0 Å². The number of nitrogens with two attached hydrogens (primary N) is 1. The molecule has 0 aliphatic carbocycles. The molecule has 1 aliphatic heterocycles. The fraction of sp³-hybridized carbons (Fsp3) is 0.200. The molecule has 0 aromatic heterocycles. The van der Waals surface area contributed by atoms with E-state index >= 15 is 0 Å². The SMILES string of the molecule is NC1CC(c2ccc(Br)cc2)Oc2ccc(Br)cc21. The molecule has 98 valence electrons. The first-order valence-corrected chi connectivity index (χ1v) is 7.69. The summed E-state index contributed by atoms with van der Waals surface area (Å²) >= 11 is 6.91. The van der Waals surface area contributed by atoms with Gasteiger partial charge in [0.2, 0.25) is 0 Å². The summed E-state index contributed by atoms with van der Waals surface area (Å²) in [4.78, 5) is 0. The smallest absolute Gasteiger partial charge is 0.126 e. The van der Waals surface area contributed by atoms with Crippen LogP contribution in [0.15, 0.2) is 51.4 Å².